The van der Waals surface area contributed by atoms with Crippen molar-refractivity contribution in [2.45, 2.75) is 18.9 Å². The highest BCUT2D eigenvalue weighted by Gasteiger charge is 2.25. The van der Waals surface area contributed by atoms with Crippen LogP contribution in [0, 0.1) is 23.7 Å². The van der Waals surface area contributed by atoms with Crippen molar-refractivity contribution >= 4 is 16.8 Å². The predicted molar refractivity (Wildman–Crippen MR) is 83.6 cm³/mol. The summed E-state index contributed by atoms with van der Waals surface area (Å²) in [6.07, 6.45) is 5.53. The minimum atomic E-state index is -0.301. The molecule has 1 aliphatic rings. The van der Waals surface area contributed by atoms with Crippen LogP contribution < -0.4 is 11.1 Å². The van der Waals surface area contributed by atoms with Crippen LogP contribution in [0.25, 0.3) is 10.9 Å². The van der Waals surface area contributed by atoms with Gasteiger partial charge in [-0.25, -0.2) is 0 Å². The number of fused-ring (bicyclic) bond motifs is 1. The fourth-order valence-electron chi connectivity index (χ4n) is 3.00. The second kappa shape index (κ2) is 6.12. The number of hydrogen-bond acceptors (Lipinski definition) is 4. The number of nitriles is 1. The second-order valence-electron chi connectivity index (χ2n) is 5.57. The summed E-state index contributed by atoms with van der Waals surface area (Å²) < 4.78 is 0. The van der Waals surface area contributed by atoms with E-state index in [1.54, 1.807) is 12.3 Å². The Balaban J connectivity index is 1.88. The first-order valence-electron chi connectivity index (χ1n) is 7.34. The molecular weight excluding hydrogens is 276 g/mol. The average Bonchev–Trinajstić information content (AvgIpc) is 2.55. The van der Waals surface area contributed by atoms with Crippen molar-refractivity contribution in [3.63, 3.8) is 0 Å². The zero-order chi connectivity index (χ0) is 15.5. The normalized spacial score (nSPS) is 21.4. The van der Waals surface area contributed by atoms with E-state index in [-0.39, 0.29) is 17.9 Å². The van der Waals surface area contributed by atoms with Gasteiger partial charge in [0, 0.05) is 11.6 Å². The van der Waals surface area contributed by atoms with Crippen molar-refractivity contribution in [3.8, 4) is 6.07 Å². The van der Waals surface area contributed by atoms with E-state index in [0.29, 0.717) is 12.0 Å². The van der Waals surface area contributed by atoms with Crippen LogP contribution in [0.1, 0.15) is 24.0 Å². The number of nitrogens with zero attached hydrogens (tertiary/aromatic N) is 2. The molecule has 2 aromatic rings. The molecule has 0 spiro atoms. The van der Waals surface area contributed by atoms with Crippen molar-refractivity contribution in [1.82, 2.24) is 10.3 Å². The largest absolute Gasteiger partial charge is 0.368 e. The number of benzene rings is 1. The van der Waals surface area contributed by atoms with Crippen molar-refractivity contribution in [2.24, 2.45) is 11.7 Å². The zero-order valence-electron chi connectivity index (χ0n) is 12.1. The van der Waals surface area contributed by atoms with Gasteiger partial charge in [0.15, 0.2) is 0 Å². The van der Waals surface area contributed by atoms with Crippen LogP contribution in [0.15, 0.2) is 30.5 Å². The topological polar surface area (TPSA) is 91.8 Å². The lowest BCUT2D eigenvalue weighted by Crippen LogP contribution is -2.46. The molecule has 22 heavy (non-hydrogen) atoms. The van der Waals surface area contributed by atoms with E-state index in [4.69, 9.17) is 5.73 Å². The van der Waals surface area contributed by atoms with Gasteiger partial charge < -0.3 is 11.1 Å². The second-order valence-corrected chi connectivity index (χ2v) is 5.57. The molecule has 3 rings (SSSR count). The van der Waals surface area contributed by atoms with Crippen LogP contribution in [0.4, 0.5) is 0 Å². The fourth-order valence-corrected chi connectivity index (χ4v) is 3.00. The Morgan fingerprint density at radius 2 is 2.32 bits per heavy atom. The number of aromatic nitrogens is 1. The molecule has 1 aromatic carbocycles. The number of piperidine rings is 1. The molecule has 5 nitrogen and oxygen atoms in total. The highest BCUT2D eigenvalue weighted by Crippen LogP contribution is 2.28. The Kier molecular flexibility index (Phi) is 4.03. The van der Waals surface area contributed by atoms with E-state index in [0.717, 1.165) is 29.4 Å². The molecule has 1 aliphatic heterocycles. The maximum atomic E-state index is 11.3. The number of rotatable bonds is 3. The Morgan fingerprint density at radius 1 is 1.45 bits per heavy atom. The van der Waals surface area contributed by atoms with Crippen molar-refractivity contribution in [2.75, 3.05) is 6.54 Å². The standard InChI is InChI=1S/C17H17N4O/c18-10-13-4-3-12(14-2-1-6-21-16(13)14)8-11-5-7-20-15(9-11)17(19)22/h1-4,6,8,11,15,20H,5,7,9H2,(H2,19,22). The van der Waals surface area contributed by atoms with Gasteiger partial charge >= 0.3 is 0 Å². The fraction of sp³-hybridized carbons (Fsp3) is 0.294. The third-order valence-electron chi connectivity index (χ3n) is 4.13. The number of carbonyl (C=O) groups excluding carboxylic acids is 1. The van der Waals surface area contributed by atoms with Crippen LogP contribution in [-0.2, 0) is 4.79 Å². The molecule has 2 unspecified atom stereocenters. The van der Waals surface area contributed by atoms with Crippen LogP contribution in [0.5, 0.6) is 0 Å². The highest BCUT2D eigenvalue weighted by atomic mass is 16.1. The third-order valence-corrected chi connectivity index (χ3v) is 4.13. The summed E-state index contributed by atoms with van der Waals surface area (Å²) in [6, 6.07) is 9.50. The molecule has 1 radical (unpaired) electrons. The van der Waals surface area contributed by atoms with Gasteiger partial charge in [0.2, 0.25) is 5.91 Å². The summed E-state index contributed by atoms with van der Waals surface area (Å²) in [5, 5.41) is 13.3. The average molecular weight is 293 g/mol. The monoisotopic (exact) mass is 293 g/mol. The van der Waals surface area contributed by atoms with Gasteiger partial charge in [-0.05, 0) is 49.4 Å². The lowest BCUT2D eigenvalue weighted by atomic mass is 9.85. The van der Waals surface area contributed by atoms with Crippen molar-refractivity contribution in [3.05, 3.63) is 48.0 Å². The Bertz CT molecular complexity index is 750. The molecule has 2 heterocycles. The predicted octanol–water partition coefficient (Wildman–Crippen LogP) is 1.51. The number of primary amides is 1. The Labute approximate surface area is 129 Å². The van der Waals surface area contributed by atoms with Crippen molar-refractivity contribution in [1.29, 1.82) is 5.26 Å². The van der Waals surface area contributed by atoms with Crippen LogP contribution in [0.3, 0.4) is 0 Å². The van der Waals surface area contributed by atoms with E-state index in [2.05, 4.69) is 22.8 Å². The summed E-state index contributed by atoms with van der Waals surface area (Å²) >= 11 is 0. The van der Waals surface area contributed by atoms with E-state index in [9.17, 15) is 10.1 Å². The molecule has 2 atom stereocenters. The van der Waals surface area contributed by atoms with E-state index in [1.165, 1.54) is 0 Å². The van der Waals surface area contributed by atoms with Crippen LogP contribution >= 0.6 is 0 Å². The first-order valence-corrected chi connectivity index (χ1v) is 7.34. The highest BCUT2D eigenvalue weighted by molar-refractivity contribution is 5.88. The number of nitrogens with two attached hydrogens (primary N) is 1. The Hall–Kier alpha value is -2.45. The molecule has 5 heteroatoms. The van der Waals surface area contributed by atoms with Gasteiger partial charge in [-0.3, -0.25) is 9.78 Å². The summed E-state index contributed by atoms with van der Waals surface area (Å²) in [7, 11) is 0. The molecule has 1 saturated heterocycles. The first kappa shape index (κ1) is 14.5. The van der Waals surface area contributed by atoms with E-state index >= 15 is 0 Å². The summed E-state index contributed by atoms with van der Waals surface area (Å²) in [5.41, 5.74) is 7.74. The number of nitrogens with one attached hydrogen (secondary N) is 1. The number of amides is 1. The SMILES string of the molecule is N#Cc1ccc([CH]C2CCNC(C(N)=O)C2)c2cccnc12. The molecule has 111 valence electrons. The zero-order valence-corrected chi connectivity index (χ0v) is 12.1. The Morgan fingerprint density at radius 3 is 3.09 bits per heavy atom. The van der Waals surface area contributed by atoms with Crippen LogP contribution in [0.2, 0.25) is 0 Å². The lowest BCUT2D eigenvalue weighted by molar-refractivity contribution is -0.120. The van der Waals surface area contributed by atoms with E-state index < -0.39 is 0 Å². The third kappa shape index (κ3) is 2.78. The molecule has 1 fully saturated rings. The molecule has 3 N–H and O–H groups in total. The molecule has 0 saturated carbocycles. The molecular formula is C17H17N4O. The molecule has 1 aromatic heterocycles. The molecule has 0 bridgehead atoms. The number of hydrogen-bond donors (Lipinski definition) is 2. The number of carbonyl (C=O) groups is 1. The molecule has 0 aliphatic carbocycles. The first-order chi connectivity index (χ1) is 10.7. The minimum absolute atomic E-state index is 0.266. The summed E-state index contributed by atoms with van der Waals surface area (Å²) in [6.45, 7) is 0.779. The van der Waals surface area contributed by atoms with Gasteiger partial charge in [0.25, 0.3) is 0 Å². The van der Waals surface area contributed by atoms with Crippen LogP contribution in [-0.4, -0.2) is 23.5 Å². The van der Waals surface area contributed by atoms with Gasteiger partial charge in [-0.1, -0.05) is 12.1 Å². The maximum Gasteiger partial charge on any atom is 0.234 e. The maximum absolute atomic E-state index is 11.3. The lowest BCUT2D eigenvalue weighted by Gasteiger charge is -2.28. The molecule has 1 amide bonds. The number of pyridine rings is 1. The quantitative estimate of drug-likeness (QED) is 0.897. The van der Waals surface area contributed by atoms with Gasteiger partial charge in [0.1, 0.15) is 6.07 Å². The van der Waals surface area contributed by atoms with Gasteiger partial charge in [0.05, 0.1) is 17.1 Å². The summed E-state index contributed by atoms with van der Waals surface area (Å²) in [5.74, 6) is -0.0143. The van der Waals surface area contributed by atoms with Gasteiger partial charge in [-0.15, -0.1) is 0 Å². The van der Waals surface area contributed by atoms with Crippen molar-refractivity contribution < 1.29 is 4.79 Å². The minimum Gasteiger partial charge on any atom is -0.368 e. The van der Waals surface area contributed by atoms with Gasteiger partial charge in [-0.2, -0.15) is 5.26 Å². The smallest absolute Gasteiger partial charge is 0.234 e. The van der Waals surface area contributed by atoms with E-state index in [1.807, 2.05) is 18.2 Å². The summed E-state index contributed by atoms with van der Waals surface area (Å²) in [4.78, 5) is 15.7.